The van der Waals surface area contributed by atoms with Crippen LogP contribution < -0.4 is 5.32 Å². The standard InChI is InChI=1S/C11H14BrNO/c1-8-3-4-11(12)5-10(8)7-13-6-9(2)14/h3-5,13H,6-7H2,1-2H3. The van der Waals surface area contributed by atoms with Crippen LogP contribution in [0.4, 0.5) is 0 Å². The summed E-state index contributed by atoms with van der Waals surface area (Å²) in [5.41, 5.74) is 2.46. The van der Waals surface area contributed by atoms with Crippen LogP contribution >= 0.6 is 15.9 Å². The molecule has 2 nitrogen and oxygen atoms in total. The largest absolute Gasteiger partial charge is 0.306 e. The molecule has 0 spiro atoms. The summed E-state index contributed by atoms with van der Waals surface area (Å²) in [6, 6.07) is 6.15. The molecule has 0 radical (unpaired) electrons. The number of carbonyl (C=O) groups is 1. The zero-order valence-corrected chi connectivity index (χ0v) is 10.0. The van der Waals surface area contributed by atoms with Gasteiger partial charge in [-0.3, -0.25) is 4.79 Å². The molecule has 0 fully saturated rings. The van der Waals surface area contributed by atoms with Crippen LogP contribution in [0.15, 0.2) is 22.7 Å². The fraction of sp³-hybridized carbons (Fsp3) is 0.364. The van der Waals surface area contributed by atoms with Crippen LogP contribution in [0.1, 0.15) is 18.1 Å². The van der Waals surface area contributed by atoms with Crippen LogP contribution in [0.5, 0.6) is 0 Å². The molecular formula is C11H14BrNO. The fourth-order valence-electron chi connectivity index (χ4n) is 1.20. The topological polar surface area (TPSA) is 29.1 Å². The highest BCUT2D eigenvalue weighted by Gasteiger charge is 1.99. The van der Waals surface area contributed by atoms with Crippen LogP contribution in [-0.4, -0.2) is 12.3 Å². The van der Waals surface area contributed by atoms with Gasteiger partial charge in [0.05, 0.1) is 6.54 Å². The van der Waals surface area contributed by atoms with Gasteiger partial charge in [0.15, 0.2) is 0 Å². The highest BCUT2D eigenvalue weighted by atomic mass is 79.9. The predicted octanol–water partition coefficient (Wildman–Crippen LogP) is 2.44. The Hall–Kier alpha value is -0.670. The van der Waals surface area contributed by atoms with Gasteiger partial charge in [0.2, 0.25) is 0 Å². The first-order valence-corrected chi connectivity index (χ1v) is 5.34. The molecule has 1 aromatic rings. The lowest BCUT2D eigenvalue weighted by Crippen LogP contribution is -2.20. The molecule has 3 heteroatoms. The Morgan fingerprint density at radius 3 is 2.86 bits per heavy atom. The van der Waals surface area contributed by atoms with E-state index in [0.29, 0.717) is 6.54 Å². The van der Waals surface area contributed by atoms with E-state index >= 15 is 0 Å². The third kappa shape index (κ3) is 3.60. The Morgan fingerprint density at radius 2 is 2.21 bits per heavy atom. The quantitative estimate of drug-likeness (QED) is 0.896. The Labute approximate surface area is 92.8 Å². The van der Waals surface area contributed by atoms with Crippen molar-refractivity contribution in [1.82, 2.24) is 5.32 Å². The van der Waals surface area contributed by atoms with Crippen molar-refractivity contribution in [2.75, 3.05) is 6.54 Å². The van der Waals surface area contributed by atoms with E-state index in [2.05, 4.69) is 40.3 Å². The van der Waals surface area contributed by atoms with Crippen LogP contribution in [-0.2, 0) is 11.3 Å². The molecule has 0 aliphatic rings. The van der Waals surface area contributed by atoms with Gasteiger partial charge < -0.3 is 5.32 Å². The number of carbonyl (C=O) groups excluding carboxylic acids is 1. The SMILES string of the molecule is CC(=O)CNCc1cc(Br)ccc1C. The number of hydrogen-bond donors (Lipinski definition) is 1. The summed E-state index contributed by atoms with van der Waals surface area (Å²) < 4.78 is 1.07. The van der Waals surface area contributed by atoms with Gasteiger partial charge in [0.1, 0.15) is 5.78 Å². The second-order valence-corrected chi connectivity index (χ2v) is 4.29. The second-order valence-electron chi connectivity index (χ2n) is 3.38. The Balaban J connectivity index is 2.57. The average Bonchev–Trinajstić information content (AvgIpc) is 2.10. The second kappa shape index (κ2) is 5.27. The smallest absolute Gasteiger partial charge is 0.143 e. The average molecular weight is 256 g/mol. The molecule has 0 bridgehead atoms. The molecule has 14 heavy (non-hydrogen) atoms. The number of rotatable bonds is 4. The molecule has 0 saturated heterocycles. The minimum absolute atomic E-state index is 0.164. The number of Topliss-reactive ketones (excluding diaryl/α,β-unsaturated/α-hetero) is 1. The van der Waals surface area contributed by atoms with E-state index in [4.69, 9.17) is 0 Å². The number of benzene rings is 1. The predicted molar refractivity (Wildman–Crippen MR) is 61.3 cm³/mol. The van der Waals surface area contributed by atoms with Crippen LogP contribution in [0.2, 0.25) is 0 Å². The maximum Gasteiger partial charge on any atom is 0.143 e. The van der Waals surface area contributed by atoms with E-state index in [-0.39, 0.29) is 5.78 Å². The van der Waals surface area contributed by atoms with E-state index < -0.39 is 0 Å². The molecule has 0 aliphatic carbocycles. The van der Waals surface area contributed by atoms with Gasteiger partial charge >= 0.3 is 0 Å². The van der Waals surface area contributed by atoms with Crippen LogP contribution in [0.25, 0.3) is 0 Å². The molecule has 0 heterocycles. The van der Waals surface area contributed by atoms with Crippen molar-refractivity contribution < 1.29 is 4.79 Å². The normalized spacial score (nSPS) is 10.2. The number of nitrogens with one attached hydrogen (secondary N) is 1. The van der Waals surface area contributed by atoms with Crippen molar-refractivity contribution in [2.45, 2.75) is 20.4 Å². The molecule has 0 unspecified atom stereocenters. The van der Waals surface area contributed by atoms with Crippen molar-refractivity contribution in [1.29, 1.82) is 0 Å². The Bertz CT molecular complexity index is 336. The number of hydrogen-bond acceptors (Lipinski definition) is 2. The van der Waals surface area contributed by atoms with Gasteiger partial charge in [-0.05, 0) is 37.1 Å². The number of halogens is 1. The maximum atomic E-state index is 10.7. The highest BCUT2D eigenvalue weighted by molar-refractivity contribution is 9.10. The molecule has 76 valence electrons. The number of ketones is 1. The van der Waals surface area contributed by atoms with Gasteiger partial charge in [0, 0.05) is 11.0 Å². The molecule has 0 aromatic heterocycles. The molecule has 1 rings (SSSR count). The van der Waals surface area contributed by atoms with Gasteiger partial charge in [-0.2, -0.15) is 0 Å². The fourth-order valence-corrected chi connectivity index (χ4v) is 1.61. The lowest BCUT2D eigenvalue weighted by Gasteiger charge is -2.06. The molecule has 0 amide bonds. The summed E-state index contributed by atoms with van der Waals surface area (Å²) in [6.07, 6.45) is 0. The van der Waals surface area contributed by atoms with Gasteiger partial charge in [-0.25, -0.2) is 0 Å². The van der Waals surface area contributed by atoms with E-state index in [1.54, 1.807) is 6.92 Å². The van der Waals surface area contributed by atoms with E-state index in [1.807, 2.05) is 6.07 Å². The molecule has 0 aliphatic heterocycles. The summed E-state index contributed by atoms with van der Waals surface area (Å²) >= 11 is 3.42. The van der Waals surface area contributed by atoms with Crippen molar-refractivity contribution in [2.24, 2.45) is 0 Å². The Morgan fingerprint density at radius 1 is 1.50 bits per heavy atom. The van der Waals surface area contributed by atoms with Crippen molar-refractivity contribution >= 4 is 21.7 Å². The first-order valence-electron chi connectivity index (χ1n) is 4.55. The highest BCUT2D eigenvalue weighted by Crippen LogP contribution is 2.15. The minimum Gasteiger partial charge on any atom is -0.306 e. The monoisotopic (exact) mass is 255 g/mol. The molecule has 1 N–H and O–H groups in total. The van der Waals surface area contributed by atoms with Crippen molar-refractivity contribution in [3.8, 4) is 0 Å². The van der Waals surface area contributed by atoms with E-state index in [0.717, 1.165) is 11.0 Å². The van der Waals surface area contributed by atoms with Crippen molar-refractivity contribution in [3.05, 3.63) is 33.8 Å². The summed E-state index contributed by atoms with van der Waals surface area (Å²) in [4.78, 5) is 10.7. The third-order valence-corrected chi connectivity index (χ3v) is 2.49. The van der Waals surface area contributed by atoms with Crippen molar-refractivity contribution in [3.63, 3.8) is 0 Å². The Kier molecular flexibility index (Phi) is 4.29. The molecule has 0 saturated carbocycles. The first kappa shape index (κ1) is 11.4. The number of aryl methyl sites for hydroxylation is 1. The van der Waals surface area contributed by atoms with Gasteiger partial charge in [-0.15, -0.1) is 0 Å². The first-order chi connectivity index (χ1) is 6.59. The maximum absolute atomic E-state index is 10.7. The van der Waals surface area contributed by atoms with E-state index in [9.17, 15) is 4.79 Å². The van der Waals surface area contributed by atoms with Gasteiger partial charge in [0.25, 0.3) is 0 Å². The zero-order valence-electron chi connectivity index (χ0n) is 8.43. The minimum atomic E-state index is 0.164. The molecular weight excluding hydrogens is 242 g/mol. The third-order valence-electron chi connectivity index (χ3n) is 2.00. The zero-order chi connectivity index (χ0) is 10.6. The van der Waals surface area contributed by atoms with E-state index in [1.165, 1.54) is 11.1 Å². The summed E-state index contributed by atoms with van der Waals surface area (Å²) in [6.45, 7) is 4.83. The van der Waals surface area contributed by atoms with Crippen LogP contribution in [0.3, 0.4) is 0 Å². The summed E-state index contributed by atoms with van der Waals surface area (Å²) in [5.74, 6) is 0.164. The van der Waals surface area contributed by atoms with Crippen LogP contribution in [0, 0.1) is 6.92 Å². The molecule has 1 aromatic carbocycles. The summed E-state index contributed by atoms with van der Waals surface area (Å²) in [5, 5.41) is 3.10. The lowest BCUT2D eigenvalue weighted by atomic mass is 10.1. The summed E-state index contributed by atoms with van der Waals surface area (Å²) in [7, 11) is 0. The molecule has 0 atom stereocenters. The lowest BCUT2D eigenvalue weighted by molar-refractivity contribution is -0.116. The van der Waals surface area contributed by atoms with Gasteiger partial charge in [-0.1, -0.05) is 22.0 Å².